The number of carbonyl (C=O) groups is 4. The lowest BCUT2D eigenvalue weighted by atomic mass is 9.35. The minimum atomic E-state index is -0.828. The van der Waals surface area contributed by atoms with Gasteiger partial charge in [0.2, 0.25) is 0 Å². The zero-order valence-corrected chi connectivity index (χ0v) is 18.1. The van der Waals surface area contributed by atoms with Crippen LogP contribution in [-0.2, 0) is 28.7 Å². The standard InChI is InChI=1S/C24H32O6/c1-14-11-23-9-6-17(14)10-18(23)24(13-26)8-5-7-22(4,12-25)20(24)19(29-15(2)27)21(23)30-16(3)28/h12-13,17-21H,1,5-11H2,2-4H3. The highest BCUT2D eigenvalue weighted by Gasteiger charge is 2.73. The van der Waals surface area contributed by atoms with E-state index < -0.39 is 46.3 Å². The highest BCUT2D eigenvalue weighted by Crippen LogP contribution is 2.72. The molecule has 5 fully saturated rings. The third-order valence-corrected chi connectivity index (χ3v) is 8.85. The lowest BCUT2D eigenvalue weighted by Crippen LogP contribution is -2.73. The number of hydrogen-bond donors (Lipinski definition) is 0. The molecule has 5 rings (SSSR count). The van der Waals surface area contributed by atoms with Gasteiger partial charge in [0.05, 0.1) is 0 Å². The van der Waals surface area contributed by atoms with Crippen LogP contribution < -0.4 is 0 Å². The molecule has 6 heteroatoms. The van der Waals surface area contributed by atoms with Gasteiger partial charge in [0.25, 0.3) is 0 Å². The Kier molecular flexibility index (Phi) is 4.98. The second-order valence-corrected chi connectivity index (χ2v) is 10.4. The molecule has 164 valence electrons. The molecule has 0 aromatic rings. The Morgan fingerprint density at radius 2 is 1.77 bits per heavy atom. The van der Waals surface area contributed by atoms with Crippen molar-refractivity contribution in [1.29, 1.82) is 0 Å². The van der Waals surface area contributed by atoms with Crippen LogP contribution in [0.4, 0.5) is 0 Å². The lowest BCUT2D eigenvalue weighted by molar-refractivity contribution is -0.268. The van der Waals surface area contributed by atoms with Crippen LogP contribution in [0.1, 0.15) is 65.7 Å². The maximum Gasteiger partial charge on any atom is 0.303 e. The van der Waals surface area contributed by atoms with Gasteiger partial charge in [-0.3, -0.25) is 9.59 Å². The molecule has 30 heavy (non-hydrogen) atoms. The first kappa shape index (κ1) is 21.3. The fraction of sp³-hybridized carbons (Fsp3) is 0.750. The Morgan fingerprint density at radius 1 is 1.07 bits per heavy atom. The highest BCUT2D eigenvalue weighted by molar-refractivity contribution is 5.71. The third kappa shape index (κ3) is 2.75. The fourth-order valence-corrected chi connectivity index (χ4v) is 7.91. The van der Waals surface area contributed by atoms with Crippen LogP contribution >= 0.6 is 0 Å². The van der Waals surface area contributed by atoms with Gasteiger partial charge >= 0.3 is 11.9 Å². The van der Waals surface area contributed by atoms with Crippen LogP contribution in [-0.4, -0.2) is 36.7 Å². The second kappa shape index (κ2) is 7.03. The van der Waals surface area contributed by atoms with Crippen molar-refractivity contribution in [3.63, 3.8) is 0 Å². The van der Waals surface area contributed by atoms with E-state index in [0.29, 0.717) is 25.2 Å². The van der Waals surface area contributed by atoms with E-state index in [-0.39, 0.29) is 5.92 Å². The maximum absolute atomic E-state index is 12.9. The first-order valence-corrected chi connectivity index (χ1v) is 11.1. The van der Waals surface area contributed by atoms with Crippen molar-refractivity contribution in [2.75, 3.05) is 0 Å². The van der Waals surface area contributed by atoms with Gasteiger partial charge in [-0.2, -0.15) is 0 Å². The Hall–Kier alpha value is -1.98. The normalized spacial score (nSPS) is 46.9. The number of carbonyl (C=O) groups excluding carboxylic acids is 4. The summed E-state index contributed by atoms with van der Waals surface area (Å²) >= 11 is 0. The number of esters is 2. The summed E-state index contributed by atoms with van der Waals surface area (Å²) in [5.41, 5.74) is -0.961. The molecule has 0 radical (unpaired) electrons. The Bertz CT molecular complexity index is 804. The minimum absolute atomic E-state index is 0.0208. The van der Waals surface area contributed by atoms with Crippen LogP contribution in [0.5, 0.6) is 0 Å². The summed E-state index contributed by atoms with van der Waals surface area (Å²) in [5.74, 6) is -1.11. The summed E-state index contributed by atoms with van der Waals surface area (Å²) in [6.07, 6.45) is 5.74. The molecular formula is C24H32O6. The first-order valence-electron chi connectivity index (χ1n) is 11.1. The van der Waals surface area contributed by atoms with Gasteiger partial charge in [-0.25, -0.2) is 0 Å². The summed E-state index contributed by atoms with van der Waals surface area (Å²) in [7, 11) is 0. The third-order valence-electron chi connectivity index (χ3n) is 8.85. The number of aldehydes is 2. The van der Waals surface area contributed by atoms with Crippen molar-refractivity contribution in [2.24, 2.45) is 34.0 Å². The van der Waals surface area contributed by atoms with Gasteiger partial charge in [0, 0.05) is 36.0 Å². The molecule has 5 aliphatic rings. The first-order chi connectivity index (χ1) is 14.1. The van der Waals surface area contributed by atoms with Crippen molar-refractivity contribution in [1.82, 2.24) is 0 Å². The van der Waals surface area contributed by atoms with Crippen LogP contribution in [0.3, 0.4) is 0 Å². The summed E-state index contributed by atoms with van der Waals surface area (Å²) in [4.78, 5) is 49.6. The predicted molar refractivity (Wildman–Crippen MR) is 108 cm³/mol. The van der Waals surface area contributed by atoms with E-state index in [1.807, 2.05) is 6.92 Å². The molecular weight excluding hydrogens is 384 g/mol. The van der Waals surface area contributed by atoms with E-state index in [4.69, 9.17) is 9.47 Å². The van der Waals surface area contributed by atoms with E-state index in [1.165, 1.54) is 13.8 Å². The fourth-order valence-electron chi connectivity index (χ4n) is 7.91. The van der Waals surface area contributed by atoms with E-state index in [1.54, 1.807) is 0 Å². The van der Waals surface area contributed by atoms with Gasteiger partial charge in [-0.15, -0.1) is 0 Å². The average Bonchev–Trinajstić information content (AvgIpc) is 2.69. The highest BCUT2D eigenvalue weighted by atomic mass is 16.6. The summed E-state index contributed by atoms with van der Waals surface area (Å²) < 4.78 is 11.8. The van der Waals surface area contributed by atoms with Crippen molar-refractivity contribution in [2.45, 2.75) is 77.9 Å². The van der Waals surface area contributed by atoms with E-state index in [2.05, 4.69) is 6.58 Å². The lowest BCUT2D eigenvalue weighted by Gasteiger charge is -2.69. The van der Waals surface area contributed by atoms with Gasteiger partial charge in [-0.1, -0.05) is 25.5 Å². The SMILES string of the molecule is C=C1CC23CCC1CC2C1(C=O)CCCC(C)(C=O)C1C(OC(C)=O)C3OC(C)=O. The summed E-state index contributed by atoms with van der Waals surface area (Å²) in [6, 6.07) is 0. The van der Waals surface area contributed by atoms with E-state index >= 15 is 0 Å². The molecule has 0 heterocycles. The number of allylic oxidation sites excluding steroid dienone is 1. The van der Waals surface area contributed by atoms with Crippen molar-refractivity contribution in [3.05, 3.63) is 12.2 Å². The zero-order chi connectivity index (χ0) is 21.9. The molecule has 0 aromatic heterocycles. The van der Waals surface area contributed by atoms with Gasteiger partial charge in [-0.05, 0) is 50.4 Å². The van der Waals surface area contributed by atoms with Crippen LogP contribution in [0.25, 0.3) is 0 Å². The molecule has 8 atom stereocenters. The van der Waals surface area contributed by atoms with Crippen molar-refractivity contribution in [3.8, 4) is 0 Å². The molecule has 6 nitrogen and oxygen atoms in total. The van der Waals surface area contributed by atoms with Gasteiger partial charge in [0.15, 0.2) is 0 Å². The molecule has 8 unspecified atom stereocenters. The minimum Gasteiger partial charge on any atom is -0.458 e. The number of fused-ring (bicyclic) bond motifs is 3. The van der Waals surface area contributed by atoms with Crippen LogP contribution in [0.2, 0.25) is 0 Å². The number of hydrogen-bond acceptors (Lipinski definition) is 6. The Labute approximate surface area is 177 Å². The molecule has 0 aliphatic heterocycles. The molecule has 5 aliphatic carbocycles. The molecule has 5 saturated carbocycles. The van der Waals surface area contributed by atoms with E-state index in [0.717, 1.165) is 43.8 Å². The zero-order valence-electron chi connectivity index (χ0n) is 18.1. The monoisotopic (exact) mass is 416 g/mol. The van der Waals surface area contributed by atoms with Crippen LogP contribution in [0, 0.1) is 34.0 Å². The largest absolute Gasteiger partial charge is 0.458 e. The molecule has 0 amide bonds. The number of ether oxygens (including phenoxy) is 2. The molecule has 0 saturated heterocycles. The van der Waals surface area contributed by atoms with Crippen molar-refractivity contribution < 1.29 is 28.7 Å². The van der Waals surface area contributed by atoms with Crippen LogP contribution in [0.15, 0.2) is 12.2 Å². The van der Waals surface area contributed by atoms with Crippen molar-refractivity contribution >= 4 is 24.5 Å². The van der Waals surface area contributed by atoms with E-state index in [9.17, 15) is 19.2 Å². The Morgan fingerprint density at radius 3 is 2.33 bits per heavy atom. The van der Waals surface area contributed by atoms with Gasteiger partial charge < -0.3 is 19.1 Å². The predicted octanol–water partition coefficient (Wildman–Crippen LogP) is 3.42. The topological polar surface area (TPSA) is 86.7 Å². The quantitative estimate of drug-likeness (QED) is 0.396. The summed E-state index contributed by atoms with van der Waals surface area (Å²) in [5, 5.41) is 0. The van der Waals surface area contributed by atoms with Gasteiger partial charge in [0.1, 0.15) is 24.8 Å². The molecule has 0 N–H and O–H groups in total. The molecule has 0 aromatic carbocycles. The molecule has 1 spiro atoms. The number of rotatable bonds is 4. The summed E-state index contributed by atoms with van der Waals surface area (Å²) in [6.45, 7) is 8.84. The smallest absolute Gasteiger partial charge is 0.303 e. The Balaban J connectivity index is 1.96. The molecule has 2 bridgehead atoms. The maximum atomic E-state index is 12.9. The second-order valence-electron chi connectivity index (χ2n) is 10.4. The average molecular weight is 417 g/mol.